The fourth-order valence-corrected chi connectivity index (χ4v) is 2.59. The molecule has 0 bridgehead atoms. The highest BCUT2D eigenvalue weighted by Crippen LogP contribution is 2.32. The van der Waals surface area contributed by atoms with Gasteiger partial charge < -0.3 is 10.6 Å². The molecule has 1 heterocycles. The number of carbonyl (C=O) groups is 1. The summed E-state index contributed by atoms with van der Waals surface area (Å²) in [7, 11) is 0. The molecule has 1 amide bonds. The number of benzene rings is 2. The van der Waals surface area contributed by atoms with E-state index in [4.69, 9.17) is 16.9 Å². The fraction of sp³-hybridized carbons (Fsp3) is 0.125. The monoisotopic (exact) mass is 297 g/mol. The van der Waals surface area contributed by atoms with Crippen molar-refractivity contribution in [1.29, 1.82) is 5.26 Å². The van der Waals surface area contributed by atoms with Gasteiger partial charge in [-0.25, -0.2) is 0 Å². The molecule has 2 aromatic carbocycles. The molecule has 104 valence electrons. The van der Waals surface area contributed by atoms with Gasteiger partial charge in [0.05, 0.1) is 28.3 Å². The lowest BCUT2D eigenvalue weighted by Crippen LogP contribution is -2.22. The molecule has 0 saturated carbocycles. The molecule has 2 N–H and O–H groups in total. The van der Waals surface area contributed by atoms with Gasteiger partial charge in [-0.05, 0) is 29.8 Å². The van der Waals surface area contributed by atoms with Crippen LogP contribution in [0.5, 0.6) is 0 Å². The normalized spacial score (nSPS) is 15.7. The summed E-state index contributed by atoms with van der Waals surface area (Å²) >= 11 is 6.06. The molecule has 1 unspecified atom stereocenters. The molecule has 0 aliphatic carbocycles. The number of hydrogen-bond acceptors (Lipinski definition) is 3. The van der Waals surface area contributed by atoms with Crippen molar-refractivity contribution < 1.29 is 4.79 Å². The zero-order valence-electron chi connectivity index (χ0n) is 11.1. The summed E-state index contributed by atoms with van der Waals surface area (Å²) in [6, 6.07) is 14.6. The van der Waals surface area contributed by atoms with Crippen LogP contribution >= 0.6 is 11.6 Å². The summed E-state index contributed by atoms with van der Waals surface area (Å²) in [5.41, 5.74) is 2.88. The van der Waals surface area contributed by atoms with Crippen LogP contribution in [0.2, 0.25) is 5.02 Å². The van der Waals surface area contributed by atoms with Crippen LogP contribution in [0.25, 0.3) is 0 Å². The second-order valence-electron chi connectivity index (χ2n) is 4.82. The smallest absolute Gasteiger partial charge is 0.233 e. The Hall–Kier alpha value is -2.51. The third kappa shape index (κ3) is 2.56. The summed E-state index contributed by atoms with van der Waals surface area (Å²) in [5.74, 6) is -0.396. The van der Waals surface area contributed by atoms with Crippen LogP contribution in [0, 0.1) is 11.3 Å². The van der Waals surface area contributed by atoms with E-state index >= 15 is 0 Å². The predicted molar refractivity (Wildman–Crippen MR) is 82.5 cm³/mol. The Morgan fingerprint density at radius 1 is 1.33 bits per heavy atom. The number of hydrogen-bond donors (Lipinski definition) is 2. The number of anilines is 2. The minimum atomic E-state index is -0.261. The van der Waals surface area contributed by atoms with Gasteiger partial charge in [0.15, 0.2) is 0 Å². The van der Waals surface area contributed by atoms with Crippen molar-refractivity contribution in [3.05, 3.63) is 58.6 Å². The van der Waals surface area contributed by atoms with Gasteiger partial charge in [-0.3, -0.25) is 4.79 Å². The number of nitriles is 1. The average molecular weight is 298 g/mol. The van der Waals surface area contributed by atoms with Gasteiger partial charge in [-0.15, -0.1) is 0 Å². The van der Waals surface area contributed by atoms with Crippen molar-refractivity contribution in [2.45, 2.75) is 5.92 Å². The number of nitrogens with one attached hydrogen (secondary N) is 2. The van der Waals surface area contributed by atoms with E-state index in [0.717, 1.165) is 11.3 Å². The molecule has 0 spiro atoms. The molecule has 1 atom stereocenters. The predicted octanol–water partition coefficient (Wildman–Crippen LogP) is 3.36. The lowest BCUT2D eigenvalue weighted by Gasteiger charge is -2.12. The van der Waals surface area contributed by atoms with E-state index in [1.807, 2.05) is 30.3 Å². The number of para-hydroxylation sites is 1. The second-order valence-corrected chi connectivity index (χ2v) is 5.22. The lowest BCUT2D eigenvalue weighted by molar-refractivity contribution is -0.117. The molecule has 0 fully saturated rings. The largest absolute Gasteiger partial charge is 0.384 e. The van der Waals surface area contributed by atoms with Crippen molar-refractivity contribution >= 4 is 28.9 Å². The first-order chi connectivity index (χ1) is 10.2. The van der Waals surface area contributed by atoms with E-state index in [0.29, 0.717) is 22.8 Å². The third-order valence-electron chi connectivity index (χ3n) is 3.50. The molecule has 1 aliphatic rings. The molecule has 2 aromatic rings. The SMILES string of the molecule is N#Cc1ccc(Cl)c(NC(=O)C2CNc3ccccc32)c1. The van der Waals surface area contributed by atoms with Crippen molar-refractivity contribution in [1.82, 2.24) is 0 Å². The van der Waals surface area contributed by atoms with E-state index in [9.17, 15) is 4.79 Å². The zero-order chi connectivity index (χ0) is 14.8. The Labute approximate surface area is 127 Å². The third-order valence-corrected chi connectivity index (χ3v) is 3.83. The standard InChI is InChI=1S/C16H12ClN3O/c17-13-6-5-10(8-18)7-15(13)20-16(21)12-9-19-14-4-2-1-3-11(12)14/h1-7,12,19H,9H2,(H,20,21). The topological polar surface area (TPSA) is 64.9 Å². The highest BCUT2D eigenvalue weighted by atomic mass is 35.5. The van der Waals surface area contributed by atoms with E-state index in [-0.39, 0.29) is 11.8 Å². The number of nitrogens with zero attached hydrogens (tertiary/aromatic N) is 1. The minimum Gasteiger partial charge on any atom is -0.384 e. The van der Waals surface area contributed by atoms with Gasteiger partial charge >= 0.3 is 0 Å². The Morgan fingerprint density at radius 2 is 2.14 bits per heavy atom. The summed E-state index contributed by atoms with van der Waals surface area (Å²) in [6.45, 7) is 0.556. The fourth-order valence-electron chi connectivity index (χ4n) is 2.43. The Bertz CT molecular complexity index is 751. The maximum atomic E-state index is 12.4. The van der Waals surface area contributed by atoms with E-state index in [1.165, 1.54) is 0 Å². The minimum absolute atomic E-state index is 0.135. The maximum Gasteiger partial charge on any atom is 0.233 e. The van der Waals surface area contributed by atoms with Crippen molar-refractivity contribution in [3.8, 4) is 6.07 Å². The van der Waals surface area contributed by atoms with Gasteiger partial charge in [-0.2, -0.15) is 5.26 Å². The first kappa shape index (κ1) is 13.5. The lowest BCUT2D eigenvalue weighted by atomic mass is 10.0. The zero-order valence-corrected chi connectivity index (χ0v) is 11.8. The van der Waals surface area contributed by atoms with Crippen LogP contribution in [0.1, 0.15) is 17.0 Å². The first-order valence-electron chi connectivity index (χ1n) is 6.52. The molecular weight excluding hydrogens is 286 g/mol. The summed E-state index contributed by atoms with van der Waals surface area (Å²) < 4.78 is 0. The van der Waals surface area contributed by atoms with E-state index in [1.54, 1.807) is 18.2 Å². The van der Waals surface area contributed by atoms with Gasteiger partial charge in [0.25, 0.3) is 0 Å². The Morgan fingerprint density at radius 3 is 2.95 bits per heavy atom. The van der Waals surface area contributed by atoms with Crippen LogP contribution in [0.15, 0.2) is 42.5 Å². The van der Waals surface area contributed by atoms with Gasteiger partial charge in [0, 0.05) is 12.2 Å². The van der Waals surface area contributed by atoms with Crippen LogP contribution in [-0.2, 0) is 4.79 Å². The Balaban J connectivity index is 1.84. The first-order valence-corrected chi connectivity index (χ1v) is 6.90. The van der Waals surface area contributed by atoms with Crippen molar-refractivity contribution in [3.63, 3.8) is 0 Å². The van der Waals surface area contributed by atoms with Crippen molar-refractivity contribution in [2.75, 3.05) is 17.2 Å². The quantitative estimate of drug-likeness (QED) is 0.893. The number of amides is 1. The van der Waals surface area contributed by atoms with Crippen LogP contribution in [-0.4, -0.2) is 12.5 Å². The summed E-state index contributed by atoms with van der Waals surface area (Å²) in [6.07, 6.45) is 0. The molecule has 0 saturated heterocycles. The number of carbonyl (C=O) groups excluding carboxylic acids is 1. The highest BCUT2D eigenvalue weighted by Gasteiger charge is 2.28. The molecule has 1 aliphatic heterocycles. The van der Waals surface area contributed by atoms with Crippen LogP contribution in [0.4, 0.5) is 11.4 Å². The number of rotatable bonds is 2. The van der Waals surface area contributed by atoms with Gasteiger partial charge in [0.2, 0.25) is 5.91 Å². The molecule has 4 nitrogen and oxygen atoms in total. The highest BCUT2D eigenvalue weighted by molar-refractivity contribution is 6.33. The van der Waals surface area contributed by atoms with Crippen molar-refractivity contribution in [2.24, 2.45) is 0 Å². The van der Waals surface area contributed by atoms with E-state index in [2.05, 4.69) is 10.6 Å². The molecular formula is C16H12ClN3O. The van der Waals surface area contributed by atoms with E-state index < -0.39 is 0 Å². The summed E-state index contributed by atoms with van der Waals surface area (Å²) in [5, 5.41) is 15.3. The van der Waals surface area contributed by atoms with Crippen LogP contribution < -0.4 is 10.6 Å². The van der Waals surface area contributed by atoms with Crippen LogP contribution in [0.3, 0.4) is 0 Å². The number of fused-ring (bicyclic) bond motifs is 1. The molecule has 0 aromatic heterocycles. The molecule has 21 heavy (non-hydrogen) atoms. The maximum absolute atomic E-state index is 12.4. The van der Waals surface area contributed by atoms with Gasteiger partial charge in [-0.1, -0.05) is 29.8 Å². The number of halogens is 1. The molecule has 0 radical (unpaired) electrons. The van der Waals surface area contributed by atoms with Gasteiger partial charge in [0.1, 0.15) is 0 Å². The molecule has 3 rings (SSSR count). The summed E-state index contributed by atoms with van der Waals surface area (Å²) in [4.78, 5) is 12.4. The second kappa shape index (κ2) is 5.47. The molecule has 5 heteroatoms. The average Bonchev–Trinajstić information content (AvgIpc) is 2.93. The Kier molecular flexibility index (Phi) is 3.51.